The molecule has 1 fully saturated rings. The van der Waals surface area contributed by atoms with Crippen LogP contribution in [0.3, 0.4) is 0 Å². The predicted molar refractivity (Wildman–Crippen MR) is 51.9 cm³/mol. The zero-order chi connectivity index (χ0) is 8.97. The van der Waals surface area contributed by atoms with E-state index < -0.39 is 0 Å². The molecule has 0 aromatic heterocycles. The molecule has 0 spiro atoms. The Hall–Kier alpha value is -0.340. The zero-order valence-electron chi connectivity index (χ0n) is 6.74. The van der Waals surface area contributed by atoms with E-state index in [-0.39, 0.29) is 16.5 Å². The minimum Gasteiger partial charge on any atom is -0.339 e. The van der Waals surface area contributed by atoms with Crippen LogP contribution in [0.1, 0.15) is 6.92 Å². The van der Waals surface area contributed by atoms with Gasteiger partial charge in [-0.1, -0.05) is 0 Å². The molecular formula is C7H10N2OS2. The number of rotatable bonds is 2. The molecule has 1 saturated heterocycles. The van der Waals surface area contributed by atoms with Gasteiger partial charge in [0.25, 0.3) is 0 Å². The Morgan fingerprint density at radius 1 is 1.67 bits per heavy atom. The summed E-state index contributed by atoms with van der Waals surface area (Å²) < 4.78 is 0.000741. The highest BCUT2D eigenvalue weighted by Crippen LogP contribution is 2.31. The fraction of sp³-hybridized carbons (Fsp3) is 0.714. The molecule has 0 radical (unpaired) electrons. The van der Waals surface area contributed by atoms with Gasteiger partial charge < -0.3 is 5.32 Å². The second kappa shape index (κ2) is 4.63. The fourth-order valence-electron chi connectivity index (χ4n) is 0.823. The highest BCUT2D eigenvalue weighted by atomic mass is 32.2. The maximum atomic E-state index is 11.3. The summed E-state index contributed by atoms with van der Waals surface area (Å²) in [6.07, 6.45) is 0. The van der Waals surface area contributed by atoms with Gasteiger partial charge in [-0.2, -0.15) is 5.26 Å². The summed E-state index contributed by atoms with van der Waals surface area (Å²) in [4.78, 5) is 11.3. The number of carbonyl (C=O) groups is 1. The monoisotopic (exact) mass is 202 g/mol. The first-order chi connectivity index (χ1) is 5.74. The van der Waals surface area contributed by atoms with E-state index in [4.69, 9.17) is 5.26 Å². The quantitative estimate of drug-likeness (QED) is 0.720. The molecule has 1 aliphatic heterocycles. The molecule has 66 valence electrons. The van der Waals surface area contributed by atoms with Crippen LogP contribution in [0.4, 0.5) is 0 Å². The van der Waals surface area contributed by atoms with Crippen molar-refractivity contribution >= 4 is 29.4 Å². The van der Waals surface area contributed by atoms with Gasteiger partial charge in [-0.15, -0.1) is 23.5 Å². The number of amides is 1. The SMILES string of the molecule is CC(C#N)NC(=O)C1SCCS1. The van der Waals surface area contributed by atoms with E-state index in [2.05, 4.69) is 5.32 Å². The molecular weight excluding hydrogens is 192 g/mol. The summed E-state index contributed by atoms with van der Waals surface area (Å²) >= 11 is 3.29. The van der Waals surface area contributed by atoms with Gasteiger partial charge in [0.15, 0.2) is 0 Å². The van der Waals surface area contributed by atoms with E-state index in [0.29, 0.717) is 0 Å². The Bertz CT molecular complexity index is 208. The molecule has 1 unspecified atom stereocenters. The maximum Gasteiger partial charge on any atom is 0.244 e. The fourth-order valence-corrected chi connectivity index (χ4v) is 3.42. The first-order valence-corrected chi connectivity index (χ1v) is 5.77. The van der Waals surface area contributed by atoms with E-state index in [1.807, 2.05) is 6.07 Å². The van der Waals surface area contributed by atoms with Crippen molar-refractivity contribution in [3.63, 3.8) is 0 Å². The Balaban J connectivity index is 2.33. The van der Waals surface area contributed by atoms with E-state index in [1.54, 1.807) is 30.4 Å². The minimum atomic E-state index is -0.376. The van der Waals surface area contributed by atoms with Gasteiger partial charge in [0.05, 0.1) is 6.07 Å². The smallest absolute Gasteiger partial charge is 0.244 e. The van der Waals surface area contributed by atoms with Gasteiger partial charge in [0.1, 0.15) is 10.6 Å². The average Bonchev–Trinajstić information content (AvgIpc) is 2.56. The lowest BCUT2D eigenvalue weighted by Gasteiger charge is -2.09. The average molecular weight is 202 g/mol. The summed E-state index contributed by atoms with van der Waals surface area (Å²) in [7, 11) is 0. The van der Waals surface area contributed by atoms with Crippen molar-refractivity contribution < 1.29 is 4.79 Å². The van der Waals surface area contributed by atoms with Crippen molar-refractivity contribution in [2.24, 2.45) is 0 Å². The number of nitrogens with one attached hydrogen (secondary N) is 1. The number of thioether (sulfide) groups is 2. The first kappa shape index (κ1) is 9.75. The molecule has 1 heterocycles. The van der Waals surface area contributed by atoms with Crippen LogP contribution in [0.2, 0.25) is 0 Å². The van der Waals surface area contributed by atoms with E-state index in [1.165, 1.54) is 0 Å². The molecule has 12 heavy (non-hydrogen) atoms. The summed E-state index contributed by atoms with van der Waals surface area (Å²) in [6, 6.07) is 1.59. The number of nitriles is 1. The molecule has 1 aliphatic rings. The lowest BCUT2D eigenvalue weighted by molar-refractivity contribution is -0.119. The van der Waals surface area contributed by atoms with Gasteiger partial charge in [0.2, 0.25) is 5.91 Å². The molecule has 3 nitrogen and oxygen atoms in total. The van der Waals surface area contributed by atoms with Crippen molar-refractivity contribution in [1.29, 1.82) is 5.26 Å². The normalized spacial score (nSPS) is 20.0. The summed E-state index contributed by atoms with van der Waals surface area (Å²) in [5, 5.41) is 11.1. The van der Waals surface area contributed by atoms with Gasteiger partial charge in [-0.25, -0.2) is 0 Å². The zero-order valence-corrected chi connectivity index (χ0v) is 8.37. The molecule has 0 bridgehead atoms. The van der Waals surface area contributed by atoms with E-state index in [9.17, 15) is 4.79 Å². The van der Waals surface area contributed by atoms with Crippen LogP contribution >= 0.6 is 23.5 Å². The largest absolute Gasteiger partial charge is 0.339 e. The van der Waals surface area contributed by atoms with Crippen LogP contribution < -0.4 is 5.32 Å². The molecule has 0 aliphatic carbocycles. The first-order valence-electron chi connectivity index (χ1n) is 3.67. The maximum absolute atomic E-state index is 11.3. The highest BCUT2D eigenvalue weighted by molar-refractivity contribution is 8.21. The van der Waals surface area contributed by atoms with Crippen molar-refractivity contribution in [2.45, 2.75) is 17.5 Å². The van der Waals surface area contributed by atoms with Crippen LogP contribution in [0.25, 0.3) is 0 Å². The Morgan fingerprint density at radius 2 is 2.25 bits per heavy atom. The van der Waals surface area contributed by atoms with Crippen molar-refractivity contribution in [3.05, 3.63) is 0 Å². The van der Waals surface area contributed by atoms with Crippen LogP contribution in [-0.2, 0) is 4.79 Å². The van der Waals surface area contributed by atoms with Crippen LogP contribution in [0.15, 0.2) is 0 Å². The number of nitrogens with zero attached hydrogens (tertiary/aromatic N) is 1. The van der Waals surface area contributed by atoms with Gasteiger partial charge >= 0.3 is 0 Å². The standard InChI is InChI=1S/C7H10N2OS2/c1-5(4-8)9-6(10)7-11-2-3-12-7/h5,7H,2-3H2,1H3,(H,9,10). The molecule has 1 amide bonds. The molecule has 0 aromatic carbocycles. The number of hydrogen-bond donors (Lipinski definition) is 1. The minimum absolute atomic E-state index is 0.000741. The van der Waals surface area contributed by atoms with E-state index >= 15 is 0 Å². The van der Waals surface area contributed by atoms with Gasteiger partial charge in [-0.3, -0.25) is 4.79 Å². The molecule has 1 N–H and O–H groups in total. The number of carbonyl (C=O) groups excluding carboxylic acids is 1. The third-order valence-electron chi connectivity index (χ3n) is 1.39. The van der Waals surface area contributed by atoms with Gasteiger partial charge in [0, 0.05) is 11.5 Å². The van der Waals surface area contributed by atoms with Gasteiger partial charge in [-0.05, 0) is 6.92 Å². The van der Waals surface area contributed by atoms with Crippen LogP contribution in [-0.4, -0.2) is 28.0 Å². The third-order valence-corrected chi connectivity index (χ3v) is 4.38. The lowest BCUT2D eigenvalue weighted by Crippen LogP contribution is -2.35. The highest BCUT2D eigenvalue weighted by Gasteiger charge is 2.24. The Labute approximate surface area is 80.3 Å². The molecule has 0 aromatic rings. The van der Waals surface area contributed by atoms with Crippen LogP contribution in [0, 0.1) is 11.3 Å². The molecule has 5 heteroatoms. The number of hydrogen-bond acceptors (Lipinski definition) is 4. The topological polar surface area (TPSA) is 52.9 Å². The summed E-state index contributed by atoms with van der Waals surface area (Å²) in [6.45, 7) is 1.68. The summed E-state index contributed by atoms with van der Waals surface area (Å²) in [5.41, 5.74) is 0. The summed E-state index contributed by atoms with van der Waals surface area (Å²) in [5.74, 6) is 2.05. The lowest BCUT2D eigenvalue weighted by atomic mass is 10.4. The third kappa shape index (κ3) is 2.61. The Morgan fingerprint density at radius 3 is 2.75 bits per heavy atom. The second-order valence-corrected chi connectivity index (χ2v) is 5.16. The van der Waals surface area contributed by atoms with Crippen molar-refractivity contribution in [2.75, 3.05) is 11.5 Å². The molecule has 1 atom stereocenters. The van der Waals surface area contributed by atoms with Crippen molar-refractivity contribution in [3.8, 4) is 6.07 Å². The predicted octanol–water partition coefficient (Wildman–Crippen LogP) is 0.821. The molecule has 1 rings (SSSR count). The van der Waals surface area contributed by atoms with Crippen LogP contribution in [0.5, 0.6) is 0 Å². The second-order valence-electron chi connectivity index (χ2n) is 2.43. The van der Waals surface area contributed by atoms with E-state index in [0.717, 1.165) is 11.5 Å². The Kier molecular flexibility index (Phi) is 3.76. The molecule has 0 saturated carbocycles. The van der Waals surface area contributed by atoms with Crippen molar-refractivity contribution in [1.82, 2.24) is 5.32 Å².